The van der Waals surface area contributed by atoms with Crippen LogP contribution < -0.4 is 15.2 Å². The molecule has 0 bridgehead atoms. The fraction of sp³-hybridized carbons (Fsp3) is 0.208. The predicted octanol–water partition coefficient (Wildman–Crippen LogP) is 4.03. The molecule has 1 aliphatic heterocycles. The van der Waals surface area contributed by atoms with Crippen molar-refractivity contribution in [3.05, 3.63) is 87.4 Å². The Balaban J connectivity index is 1.61. The second-order valence-corrected chi connectivity index (χ2v) is 8.29. The van der Waals surface area contributed by atoms with Gasteiger partial charge in [0.15, 0.2) is 11.5 Å². The number of amides is 2. The molecule has 168 valence electrons. The third-order valence-corrected chi connectivity index (χ3v) is 6.17. The number of pyridine rings is 1. The van der Waals surface area contributed by atoms with Crippen molar-refractivity contribution in [3.63, 3.8) is 0 Å². The van der Waals surface area contributed by atoms with Gasteiger partial charge in [0.05, 0.1) is 11.6 Å². The minimum atomic E-state index is -0.698. The Morgan fingerprint density at radius 3 is 2.88 bits per heavy atom. The van der Waals surface area contributed by atoms with Gasteiger partial charge in [-0.1, -0.05) is 23.7 Å². The molecule has 2 aliphatic rings. The van der Waals surface area contributed by atoms with Crippen molar-refractivity contribution < 1.29 is 23.5 Å². The molecule has 1 atom stereocenters. The first kappa shape index (κ1) is 21.2. The number of carbonyl (C=O) groups is 2. The smallest absolute Gasteiger partial charge is 0.267 e. The number of benzene rings is 2. The van der Waals surface area contributed by atoms with Crippen LogP contribution in [0.5, 0.6) is 11.5 Å². The highest BCUT2D eigenvalue weighted by Gasteiger charge is 2.36. The Labute approximate surface area is 193 Å². The number of primary amides is 1. The lowest BCUT2D eigenvalue weighted by Gasteiger charge is -2.31. The highest BCUT2D eigenvalue weighted by Crippen LogP contribution is 2.42. The van der Waals surface area contributed by atoms with Gasteiger partial charge in [0.25, 0.3) is 11.8 Å². The maximum absolute atomic E-state index is 14.6. The third kappa shape index (κ3) is 3.76. The number of carbonyl (C=O) groups excluding carboxylic acids is 2. The van der Waals surface area contributed by atoms with Gasteiger partial charge in [-0.15, -0.1) is 0 Å². The van der Waals surface area contributed by atoms with Crippen LogP contribution in [0, 0.1) is 5.82 Å². The number of ether oxygens (including phenoxy) is 2. The number of para-hydroxylation sites is 1. The summed E-state index contributed by atoms with van der Waals surface area (Å²) in [5.74, 6) is -0.625. The Morgan fingerprint density at radius 1 is 1.21 bits per heavy atom. The van der Waals surface area contributed by atoms with Crippen LogP contribution in [0.15, 0.2) is 48.7 Å². The fourth-order valence-electron chi connectivity index (χ4n) is 4.49. The third-order valence-electron chi connectivity index (χ3n) is 5.95. The van der Waals surface area contributed by atoms with E-state index >= 15 is 0 Å². The van der Waals surface area contributed by atoms with E-state index in [1.54, 1.807) is 41.3 Å². The largest absolute Gasteiger partial charge is 0.454 e. The molecule has 0 saturated carbocycles. The number of aromatic nitrogens is 1. The number of hydrogen-bond donors (Lipinski definition) is 1. The Kier molecular flexibility index (Phi) is 5.38. The average Bonchev–Trinajstić information content (AvgIpc) is 3.44. The summed E-state index contributed by atoms with van der Waals surface area (Å²) in [5.41, 5.74) is 7.55. The second-order valence-electron chi connectivity index (χ2n) is 7.86. The van der Waals surface area contributed by atoms with Crippen molar-refractivity contribution in [2.75, 3.05) is 6.79 Å². The van der Waals surface area contributed by atoms with E-state index in [0.29, 0.717) is 46.6 Å². The molecule has 1 aliphatic carbocycles. The molecule has 1 aromatic heterocycles. The van der Waals surface area contributed by atoms with Gasteiger partial charge in [0.2, 0.25) is 6.79 Å². The maximum atomic E-state index is 14.6. The van der Waals surface area contributed by atoms with Gasteiger partial charge in [-0.3, -0.25) is 14.6 Å². The van der Waals surface area contributed by atoms with Crippen molar-refractivity contribution in [2.45, 2.75) is 25.4 Å². The first-order valence-electron chi connectivity index (χ1n) is 10.3. The zero-order valence-corrected chi connectivity index (χ0v) is 18.1. The predicted molar refractivity (Wildman–Crippen MR) is 118 cm³/mol. The van der Waals surface area contributed by atoms with Crippen molar-refractivity contribution in [2.24, 2.45) is 5.73 Å². The molecule has 2 N–H and O–H groups in total. The van der Waals surface area contributed by atoms with E-state index in [1.165, 1.54) is 12.3 Å². The molecule has 0 fully saturated rings. The van der Waals surface area contributed by atoms with E-state index in [0.717, 1.165) is 0 Å². The molecule has 9 heteroatoms. The number of halogens is 2. The normalized spacial score (nSPS) is 15.9. The molecule has 0 spiro atoms. The van der Waals surface area contributed by atoms with E-state index in [9.17, 15) is 14.0 Å². The monoisotopic (exact) mass is 467 g/mol. The van der Waals surface area contributed by atoms with Crippen LogP contribution in [0.25, 0.3) is 0 Å². The minimum absolute atomic E-state index is 0.0150. The van der Waals surface area contributed by atoms with Gasteiger partial charge in [-0.05, 0) is 54.3 Å². The summed E-state index contributed by atoms with van der Waals surface area (Å²) in [6.07, 6.45) is 2.41. The van der Waals surface area contributed by atoms with E-state index in [1.807, 2.05) is 0 Å². The summed E-state index contributed by atoms with van der Waals surface area (Å²) in [5, 5.41) is 0.252. The van der Waals surface area contributed by atoms with Crippen molar-refractivity contribution in [3.8, 4) is 11.5 Å². The standard InChI is InChI=1S/C24H19ClFN3O4/c25-14-9-17-15(18(26)10-14)6-7-19(17)29(11-13-3-2-8-28-21(13)23(27)30)24(31)16-4-1-5-20-22(16)33-12-32-20/h1-5,8-10,19H,6-7,11-12H2,(H2,27,30)/t19-/m1/s1. The summed E-state index contributed by atoms with van der Waals surface area (Å²) >= 11 is 6.15. The molecular weight excluding hydrogens is 449 g/mol. The molecule has 2 aromatic carbocycles. The van der Waals surface area contributed by atoms with Crippen LogP contribution in [0.4, 0.5) is 4.39 Å². The van der Waals surface area contributed by atoms with E-state index in [-0.39, 0.29) is 30.0 Å². The average molecular weight is 468 g/mol. The van der Waals surface area contributed by atoms with Crippen molar-refractivity contribution in [1.82, 2.24) is 9.88 Å². The number of nitrogens with two attached hydrogens (primary N) is 1. The number of fused-ring (bicyclic) bond motifs is 2. The molecule has 2 heterocycles. The van der Waals surface area contributed by atoms with Crippen molar-refractivity contribution in [1.29, 1.82) is 0 Å². The number of rotatable bonds is 5. The quantitative estimate of drug-likeness (QED) is 0.611. The summed E-state index contributed by atoms with van der Waals surface area (Å²) in [6, 6.07) is 10.9. The number of hydrogen-bond acceptors (Lipinski definition) is 5. The zero-order valence-electron chi connectivity index (χ0n) is 17.4. The second kappa shape index (κ2) is 8.37. The van der Waals surface area contributed by atoms with Gasteiger partial charge in [-0.2, -0.15) is 0 Å². The Morgan fingerprint density at radius 2 is 2.06 bits per heavy atom. The summed E-state index contributed by atoms with van der Waals surface area (Å²) < 4.78 is 25.6. The van der Waals surface area contributed by atoms with E-state index in [4.69, 9.17) is 26.8 Å². The maximum Gasteiger partial charge on any atom is 0.267 e. The molecule has 0 saturated heterocycles. The SMILES string of the molecule is NC(=O)c1ncccc1CN(C(=O)c1cccc2c1OCO2)[C@@H]1CCc2c(F)cc(Cl)cc21. The molecule has 33 heavy (non-hydrogen) atoms. The summed E-state index contributed by atoms with van der Waals surface area (Å²) in [4.78, 5) is 31.5. The molecule has 0 unspecified atom stereocenters. The highest BCUT2D eigenvalue weighted by atomic mass is 35.5. The molecule has 0 radical (unpaired) electrons. The van der Waals surface area contributed by atoms with E-state index in [2.05, 4.69) is 4.98 Å². The molecule has 2 amide bonds. The lowest BCUT2D eigenvalue weighted by Crippen LogP contribution is -2.34. The topological polar surface area (TPSA) is 94.8 Å². The van der Waals surface area contributed by atoms with Gasteiger partial charge in [-0.25, -0.2) is 4.39 Å². The molecule has 5 rings (SSSR count). The molecular formula is C24H19ClFN3O4. The fourth-order valence-corrected chi connectivity index (χ4v) is 4.71. The van der Waals surface area contributed by atoms with E-state index < -0.39 is 17.8 Å². The summed E-state index contributed by atoms with van der Waals surface area (Å²) in [6.45, 7) is 0.0504. The lowest BCUT2D eigenvalue weighted by molar-refractivity contribution is 0.0651. The number of nitrogens with zero attached hydrogens (tertiary/aromatic N) is 2. The van der Waals surface area contributed by atoms with Gasteiger partial charge in [0, 0.05) is 23.3 Å². The zero-order chi connectivity index (χ0) is 23.1. The van der Waals surface area contributed by atoms with Crippen LogP contribution in [0.2, 0.25) is 5.02 Å². The van der Waals surface area contributed by atoms with Crippen molar-refractivity contribution >= 4 is 23.4 Å². The molecule has 3 aromatic rings. The van der Waals surface area contributed by atoms with Crippen LogP contribution in [0.3, 0.4) is 0 Å². The minimum Gasteiger partial charge on any atom is -0.454 e. The highest BCUT2D eigenvalue weighted by molar-refractivity contribution is 6.30. The lowest BCUT2D eigenvalue weighted by atomic mass is 10.0. The Bertz CT molecular complexity index is 1280. The van der Waals surface area contributed by atoms with Gasteiger partial charge in [0.1, 0.15) is 11.5 Å². The molecule has 7 nitrogen and oxygen atoms in total. The van der Waals surface area contributed by atoms with Gasteiger partial charge >= 0.3 is 0 Å². The van der Waals surface area contributed by atoms with Crippen LogP contribution in [-0.4, -0.2) is 28.5 Å². The van der Waals surface area contributed by atoms with Crippen LogP contribution >= 0.6 is 11.6 Å². The van der Waals surface area contributed by atoms with Crippen LogP contribution in [0.1, 0.15) is 50.0 Å². The Hall–Kier alpha value is -3.65. The van der Waals surface area contributed by atoms with Gasteiger partial charge < -0.3 is 20.1 Å². The first-order chi connectivity index (χ1) is 15.9. The summed E-state index contributed by atoms with van der Waals surface area (Å²) in [7, 11) is 0. The first-order valence-corrected chi connectivity index (χ1v) is 10.7. The van der Waals surface area contributed by atoms with Crippen LogP contribution in [-0.2, 0) is 13.0 Å².